The summed E-state index contributed by atoms with van der Waals surface area (Å²) in [6.45, 7) is 2.99. The van der Waals surface area contributed by atoms with Gasteiger partial charge in [-0.2, -0.15) is 0 Å². The zero-order chi connectivity index (χ0) is 14.2. The normalized spacial score (nSPS) is 11.9. The quantitative estimate of drug-likeness (QED) is 0.783. The van der Waals surface area contributed by atoms with Crippen molar-refractivity contribution in [1.82, 2.24) is 0 Å². The lowest BCUT2D eigenvalue weighted by Gasteiger charge is -2.09. The molecular formula is C17H20O3. The molecule has 20 heavy (non-hydrogen) atoms. The second-order valence-electron chi connectivity index (χ2n) is 4.61. The number of benzene rings is 2. The minimum absolute atomic E-state index is 0.441. The van der Waals surface area contributed by atoms with Gasteiger partial charge in [-0.25, -0.2) is 0 Å². The van der Waals surface area contributed by atoms with E-state index in [0.717, 1.165) is 23.5 Å². The molecule has 0 radical (unpaired) electrons. The summed E-state index contributed by atoms with van der Waals surface area (Å²) in [5.74, 6) is 1.70. The monoisotopic (exact) mass is 272 g/mol. The average Bonchev–Trinajstić information content (AvgIpc) is 2.48. The van der Waals surface area contributed by atoms with E-state index >= 15 is 0 Å². The van der Waals surface area contributed by atoms with Crippen molar-refractivity contribution in [2.24, 2.45) is 0 Å². The van der Waals surface area contributed by atoms with Gasteiger partial charge in [0, 0.05) is 6.42 Å². The van der Waals surface area contributed by atoms with Crippen LogP contribution in [0.3, 0.4) is 0 Å². The van der Waals surface area contributed by atoms with Crippen LogP contribution in [0.1, 0.15) is 25.0 Å². The summed E-state index contributed by atoms with van der Waals surface area (Å²) in [6, 6.07) is 17.3. The van der Waals surface area contributed by atoms with Crippen LogP contribution in [0.15, 0.2) is 54.6 Å². The van der Waals surface area contributed by atoms with Crippen LogP contribution in [0.2, 0.25) is 0 Å². The number of ether oxygens (including phenoxy) is 2. The van der Waals surface area contributed by atoms with Crippen molar-refractivity contribution in [1.29, 1.82) is 0 Å². The van der Waals surface area contributed by atoms with Gasteiger partial charge in [0.25, 0.3) is 0 Å². The molecule has 0 aliphatic rings. The molecule has 0 saturated heterocycles. The number of aliphatic hydroxyl groups is 1. The SMILES string of the molecule is C[C@H](O)c1ccc(OCCCOc2ccccc2)cc1. The summed E-state index contributed by atoms with van der Waals surface area (Å²) in [6.07, 6.45) is 0.385. The van der Waals surface area contributed by atoms with Crippen LogP contribution in [-0.4, -0.2) is 18.3 Å². The van der Waals surface area contributed by atoms with Crippen molar-refractivity contribution in [3.63, 3.8) is 0 Å². The van der Waals surface area contributed by atoms with Crippen molar-refractivity contribution in [3.05, 3.63) is 60.2 Å². The number of hydrogen-bond donors (Lipinski definition) is 1. The number of aliphatic hydroxyl groups excluding tert-OH is 1. The molecule has 3 nitrogen and oxygen atoms in total. The van der Waals surface area contributed by atoms with Gasteiger partial charge in [0.05, 0.1) is 19.3 Å². The highest BCUT2D eigenvalue weighted by molar-refractivity contribution is 5.28. The molecular weight excluding hydrogens is 252 g/mol. The second kappa shape index (κ2) is 7.56. The average molecular weight is 272 g/mol. The summed E-state index contributed by atoms with van der Waals surface area (Å²) < 4.78 is 11.2. The van der Waals surface area contributed by atoms with Gasteiger partial charge in [-0.3, -0.25) is 0 Å². The minimum Gasteiger partial charge on any atom is -0.493 e. The molecule has 106 valence electrons. The van der Waals surface area contributed by atoms with Crippen LogP contribution >= 0.6 is 0 Å². The molecule has 2 aromatic carbocycles. The predicted molar refractivity (Wildman–Crippen MR) is 79.1 cm³/mol. The van der Waals surface area contributed by atoms with E-state index in [-0.39, 0.29) is 0 Å². The first-order valence-corrected chi connectivity index (χ1v) is 6.84. The van der Waals surface area contributed by atoms with Gasteiger partial charge in [0.2, 0.25) is 0 Å². The van der Waals surface area contributed by atoms with E-state index in [1.54, 1.807) is 6.92 Å². The fourth-order valence-corrected chi connectivity index (χ4v) is 1.80. The first kappa shape index (κ1) is 14.4. The Morgan fingerprint density at radius 2 is 1.40 bits per heavy atom. The van der Waals surface area contributed by atoms with Crippen molar-refractivity contribution < 1.29 is 14.6 Å². The molecule has 0 aliphatic carbocycles. The molecule has 0 bridgehead atoms. The maximum absolute atomic E-state index is 9.41. The van der Waals surface area contributed by atoms with E-state index in [1.807, 2.05) is 54.6 Å². The predicted octanol–water partition coefficient (Wildman–Crippen LogP) is 3.59. The van der Waals surface area contributed by atoms with Gasteiger partial charge in [-0.05, 0) is 36.8 Å². The van der Waals surface area contributed by atoms with Gasteiger partial charge < -0.3 is 14.6 Å². The lowest BCUT2D eigenvalue weighted by atomic mass is 10.1. The topological polar surface area (TPSA) is 38.7 Å². The Morgan fingerprint density at radius 1 is 0.850 bits per heavy atom. The Morgan fingerprint density at radius 3 is 1.95 bits per heavy atom. The Bertz CT molecular complexity index is 491. The molecule has 0 unspecified atom stereocenters. The van der Waals surface area contributed by atoms with Crippen LogP contribution in [0, 0.1) is 0 Å². The molecule has 2 rings (SSSR count). The van der Waals surface area contributed by atoms with E-state index in [9.17, 15) is 5.11 Å². The highest BCUT2D eigenvalue weighted by atomic mass is 16.5. The van der Waals surface area contributed by atoms with Gasteiger partial charge in [-0.1, -0.05) is 30.3 Å². The van der Waals surface area contributed by atoms with E-state index < -0.39 is 6.10 Å². The third kappa shape index (κ3) is 4.59. The molecule has 0 aliphatic heterocycles. The van der Waals surface area contributed by atoms with E-state index in [4.69, 9.17) is 9.47 Å². The van der Waals surface area contributed by atoms with Crippen LogP contribution in [0.25, 0.3) is 0 Å². The van der Waals surface area contributed by atoms with E-state index in [0.29, 0.717) is 13.2 Å². The van der Waals surface area contributed by atoms with Crippen LogP contribution in [-0.2, 0) is 0 Å². The Kier molecular flexibility index (Phi) is 5.44. The summed E-state index contributed by atoms with van der Waals surface area (Å²) in [7, 11) is 0. The van der Waals surface area contributed by atoms with Crippen molar-refractivity contribution >= 4 is 0 Å². The van der Waals surface area contributed by atoms with Crippen LogP contribution < -0.4 is 9.47 Å². The van der Waals surface area contributed by atoms with Gasteiger partial charge in [-0.15, -0.1) is 0 Å². The summed E-state index contributed by atoms with van der Waals surface area (Å²) in [4.78, 5) is 0. The Balaban J connectivity index is 1.66. The van der Waals surface area contributed by atoms with E-state index in [1.165, 1.54) is 0 Å². The molecule has 3 heteroatoms. The third-order valence-electron chi connectivity index (χ3n) is 2.93. The lowest BCUT2D eigenvalue weighted by Crippen LogP contribution is -2.05. The first-order chi connectivity index (χ1) is 9.75. The molecule has 0 saturated carbocycles. The molecule has 0 amide bonds. The lowest BCUT2D eigenvalue weighted by molar-refractivity contribution is 0.199. The Labute approximate surface area is 119 Å². The largest absolute Gasteiger partial charge is 0.493 e. The fourth-order valence-electron chi connectivity index (χ4n) is 1.80. The molecule has 1 atom stereocenters. The third-order valence-corrected chi connectivity index (χ3v) is 2.93. The molecule has 0 aromatic heterocycles. The highest BCUT2D eigenvalue weighted by Crippen LogP contribution is 2.17. The Hall–Kier alpha value is -2.00. The number of hydrogen-bond acceptors (Lipinski definition) is 3. The summed E-state index contributed by atoms with van der Waals surface area (Å²) in [5, 5.41) is 9.41. The van der Waals surface area contributed by atoms with Crippen LogP contribution in [0.5, 0.6) is 11.5 Å². The van der Waals surface area contributed by atoms with Crippen molar-refractivity contribution in [2.75, 3.05) is 13.2 Å². The second-order valence-corrected chi connectivity index (χ2v) is 4.61. The molecule has 0 fully saturated rings. The van der Waals surface area contributed by atoms with Gasteiger partial charge in [0.1, 0.15) is 11.5 Å². The molecule has 0 heterocycles. The van der Waals surface area contributed by atoms with Crippen LogP contribution in [0.4, 0.5) is 0 Å². The molecule has 2 aromatic rings. The molecule has 0 spiro atoms. The number of rotatable bonds is 7. The van der Waals surface area contributed by atoms with Gasteiger partial charge >= 0.3 is 0 Å². The van der Waals surface area contributed by atoms with Crippen molar-refractivity contribution in [3.8, 4) is 11.5 Å². The smallest absolute Gasteiger partial charge is 0.119 e. The zero-order valence-corrected chi connectivity index (χ0v) is 11.7. The fraction of sp³-hybridized carbons (Fsp3) is 0.294. The number of para-hydroxylation sites is 1. The maximum atomic E-state index is 9.41. The van der Waals surface area contributed by atoms with Crippen molar-refractivity contribution in [2.45, 2.75) is 19.4 Å². The van der Waals surface area contributed by atoms with Gasteiger partial charge in [0.15, 0.2) is 0 Å². The standard InChI is InChI=1S/C17H20O3/c1-14(18)15-8-10-17(11-9-15)20-13-5-12-19-16-6-3-2-4-7-16/h2-4,6-11,14,18H,5,12-13H2,1H3/t14-/m0/s1. The molecule has 1 N–H and O–H groups in total. The summed E-state index contributed by atoms with van der Waals surface area (Å²) in [5.41, 5.74) is 0.893. The zero-order valence-electron chi connectivity index (χ0n) is 11.7. The highest BCUT2D eigenvalue weighted by Gasteiger charge is 2.00. The van der Waals surface area contributed by atoms with E-state index in [2.05, 4.69) is 0 Å². The first-order valence-electron chi connectivity index (χ1n) is 6.84. The minimum atomic E-state index is -0.441. The summed E-state index contributed by atoms with van der Waals surface area (Å²) >= 11 is 0. The maximum Gasteiger partial charge on any atom is 0.119 e.